The number of carbonyl (C=O) groups is 2. The summed E-state index contributed by atoms with van der Waals surface area (Å²) in [4.78, 5) is 34.5. The predicted molar refractivity (Wildman–Crippen MR) is 126 cm³/mol. The van der Waals surface area contributed by atoms with Crippen LogP contribution in [0.1, 0.15) is 13.3 Å². The van der Waals surface area contributed by atoms with Gasteiger partial charge in [0, 0.05) is 25.1 Å². The fourth-order valence-corrected chi connectivity index (χ4v) is 4.75. The molecule has 3 heterocycles. The molecule has 9 heteroatoms. The SMILES string of the molecule is C[C@@H]1CC(=O)Nc2ccccc2N1C(=O)CN(C)c1nn2cc(-c3ccccc3)nc2s1. The maximum absolute atomic E-state index is 13.3. The Bertz CT molecular complexity index is 1270. The van der Waals surface area contributed by atoms with Crippen LogP contribution in [0.5, 0.6) is 0 Å². The van der Waals surface area contributed by atoms with E-state index in [1.807, 2.05) is 79.7 Å². The second-order valence-corrected chi connectivity index (χ2v) is 8.78. The van der Waals surface area contributed by atoms with Crippen LogP contribution >= 0.6 is 11.3 Å². The van der Waals surface area contributed by atoms with Gasteiger partial charge in [-0.2, -0.15) is 0 Å². The molecule has 1 aliphatic heterocycles. The lowest BCUT2D eigenvalue weighted by molar-refractivity contribution is -0.118. The van der Waals surface area contributed by atoms with Gasteiger partial charge in [0.1, 0.15) is 0 Å². The third-order valence-electron chi connectivity index (χ3n) is 5.43. The maximum atomic E-state index is 13.3. The van der Waals surface area contributed by atoms with Gasteiger partial charge < -0.3 is 15.1 Å². The van der Waals surface area contributed by atoms with E-state index < -0.39 is 0 Å². The normalized spacial score (nSPS) is 15.9. The summed E-state index contributed by atoms with van der Waals surface area (Å²) in [5.74, 6) is -0.189. The van der Waals surface area contributed by atoms with Gasteiger partial charge in [0.15, 0.2) is 0 Å². The quantitative estimate of drug-likeness (QED) is 0.517. The minimum atomic E-state index is -0.249. The number of hydrogen-bond acceptors (Lipinski definition) is 6. The molecule has 0 radical (unpaired) electrons. The molecule has 4 aromatic rings. The molecule has 0 unspecified atom stereocenters. The van der Waals surface area contributed by atoms with Crippen molar-refractivity contribution in [2.45, 2.75) is 19.4 Å². The van der Waals surface area contributed by atoms with Crippen molar-refractivity contribution < 1.29 is 9.59 Å². The van der Waals surface area contributed by atoms with Gasteiger partial charge in [-0.25, -0.2) is 9.50 Å². The summed E-state index contributed by atoms with van der Waals surface area (Å²) in [5, 5.41) is 8.20. The fraction of sp³-hybridized carbons (Fsp3) is 0.217. The van der Waals surface area contributed by atoms with Crippen LogP contribution in [0.25, 0.3) is 16.2 Å². The van der Waals surface area contributed by atoms with Crippen LogP contribution < -0.4 is 15.1 Å². The highest BCUT2D eigenvalue weighted by Gasteiger charge is 2.30. The number of aromatic nitrogens is 3. The first kappa shape index (κ1) is 20.2. The van der Waals surface area contributed by atoms with Crippen molar-refractivity contribution in [1.29, 1.82) is 0 Å². The Hall–Kier alpha value is -3.72. The van der Waals surface area contributed by atoms with Gasteiger partial charge in [-0.3, -0.25) is 9.59 Å². The Morgan fingerprint density at radius 1 is 1.19 bits per heavy atom. The Labute approximate surface area is 189 Å². The predicted octanol–water partition coefficient (Wildman–Crippen LogP) is 3.66. The van der Waals surface area contributed by atoms with Gasteiger partial charge in [-0.05, 0) is 19.1 Å². The molecule has 0 fully saturated rings. The van der Waals surface area contributed by atoms with Gasteiger partial charge in [0.2, 0.25) is 21.9 Å². The van der Waals surface area contributed by atoms with Crippen LogP contribution in [0.4, 0.5) is 16.5 Å². The molecule has 0 saturated carbocycles. The van der Waals surface area contributed by atoms with Gasteiger partial charge in [0.05, 0.1) is 29.8 Å². The van der Waals surface area contributed by atoms with Crippen LogP contribution in [-0.4, -0.2) is 46.0 Å². The molecule has 1 N–H and O–H groups in total. The van der Waals surface area contributed by atoms with E-state index in [9.17, 15) is 9.59 Å². The molecule has 2 aromatic heterocycles. The zero-order chi connectivity index (χ0) is 22.2. The van der Waals surface area contributed by atoms with Crippen molar-refractivity contribution in [3.63, 3.8) is 0 Å². The number of anilines is 3. The molecule has 2 aromatic carbocycles. The van der Waals surface area contributed by atoms with Crippen molar-refractivity contribution in [2.75, 3.05) is 28.7 Å². The van der Waals surface area contributed by atoms with E-state index in [0.29, 0.717) is 16.5 Å². The monoisotopic (exact) mass is 446 g/mol. The van der Waals surface area contributed by atoms with Crippen LogP contribution in [0, 0.1) is 0 Å². The number of nitrogens with zero attached hydrogens (tertiary/aromatic N) is 5. The van der Waals surface area contributed by atoms with Crippen LogP contribution in [-0.2, 0) is 9.59 Å². The van der Waals surface area contributed by atoms with Crippen molar-refractivity contribution in [3.05, 3.63) is 60.8 Å². The molecule has 1 aliphatic rings. The average molecular weight is 447 g/mol. The Morgan fingerprint density at radius 2 is 1.94 bits per heavy atom. The molecule has 8 nitrogen and oxygen atoms in total. The van der Waals surface area contributed by atoms with Crippen LogP contribution in [0.3, 0.4) is 0 Å². The van der Waals surface area contributed by atoms with E-state index in [4.69, 9.17) is 0 Å². The zero-order valence-electron chi connectivity index (χ0n) is 17.7. The minimum absolute atomic E-state index is 0.0935. The van der Waals surface area contributed by atoms with Gasteiger partial charge >= 0.3 is 0 Å². The Balaban J connectivity index is 1.37. The van der Waals surface area contributed by atoms with E-state index >= 15 is 0 Å². The van der Waals surface area contributed by atoms with E-state index in [1.165, 1.54) is 11.3 Å². The first-order valence-corrected chi connectivity index (χ1v) is 11.1. The number of rotatable bonds is 4. The summed E-state index contributed by atoms with van der Waals surface area (Å²) < 4.78 is 1.75. The first-order valence-electron chi connectivity index (χ1n) is 10.3. The zero-order valence-corrected chi connectivity index (χ0v) is 18.5. The lowest BCUT2D eigenvalue weighted by Gasteiger charge is -2.29. The number of imidazole rings is 1. The average Bonchev–Trinajstić information content (AvgIpc) is 3.31. The fourth-order valence-electron chi connectivity index (χ4n) is 3.91. The van der Waals surface area contributed by atoms with Crippen molar-refractivity contribution in [2.24, 2.45) is 0 Å². The van der Waals surface area contributed by atoms with Crippen molar-refractivity contribution in [1.82, 2.24) is 14.6 Å². The number of amides is 2. The molecule has 1 atom stereocenters. The smallest absolute Gasteiger partial charge is 0.246 e. The van der Waals surface area contributed by atoms with Crippen LogP contribution in [0.15, 0.2) is 60.8 Å². The minimum Gasteiger partial charge on any atom is -0.340 e. The van der Waals surface area contributed by atoms with Crippen molar-refractivity contribution >= 4 is 44.6 Å². The number of carbonyl (C=O) groups excluding carboxylic acids is 2. The summed E-state index contributed by atoms with van der Waals surface area (Å²) in [6.45, 7) is 2.03. The van der Waals surface area contributed by atoms with E-state index in [2.05, 4.69) is 15.4 Å². The summed E-state index contributed by atoms with van der Waals surface area (Å²) in [6.07, 6.45) is 2.14. The molecule has 32 heavy (non-hydrogen) atoms. The summed E-state index contributed by atoms with van der Waals surface area (Å²) >= 11 is 1.43. The molecule has 162 valence electrons. The summed E-state index contributed by atoms with van der Waals surface area (Å²) in [6, 6.07) is 17.1. The molecular formula is C23H22N6O2S. The van der Waals surface area contributed by atoms with Gasteiger partial charge in [-0.15, -0.1) is 5.10 Å². The lowest BCUT2D eigenvalue weighted by Crippen LogP contribution is -2.44. The molecular weight excluding hydrogens is 424 g/mol. The Morgan fingerprint density at radius 3 is 2.72 bits per heavy atom. The molecule has 2 amide bonds. The summed E-state index contributed by atoms with van der Waals surface area (Å²) in [5.41, 5.74) is 3.26. The van der Waals surface area contributed by atoms with E-state index in [1.54, 1.807) is 9.42 Å². The molecule has 0 aliphatic carbocycles. The van der Waals surface area contributed by atoms with Crippen LogP contribution in [0.2, 0.25) is 0 Å². The highest BCUT2D eigenvalue weighted by atomic mass is 32.1. The standard InChI is InChI=1S/C23H22N6O2S/c1-15-12-20(30)24-17-10-6-7-11-19(17)29(15)21(31)14-27(2)23-26-28-13-18(25-22(28)32-23)16-8-4-3-5-9-16/h3-11,13,15H,12,14H2,1-2H3,(H,24,30)/t15-/m1/s1. The van der Waals surface area contributed by atoms with Crippen molar-refractivity contribution in [3.8, 4) is 11.3 Å². The summed E-state index contributed by atoms with van der Waals surface area (Å²) in [7, 11) is 1.84. The molecule has 0 bridgehead atoms. The first-order chi connectivity index (χ1) is 15.5. The molecule has 5 rings (SSSR count). The molecule has 0 spiro atoms. The number of fused-ring (bicyclic) bond motifs is 2. The highest BCUT2D eigenvalue weighted by molar-refractivity contribution is 7.20. The van der Waals surface area contributed by atoms with E-state index in [-0.39, 0.29) is 30.8 Å². The lowest BCUT2D eigenvalue weighted by atomic mass is 10.1. The third kappa shape index (κ3) is 3.71. The highest BCUT2D eigenvalue weighted by Crippen LogP contribution is 2.32. The largest absolute Gasteiger partial charge is 0.340 e. The number of hydrogen-bond donors (Lipinski definition) is 1. The number of likely N-dealkylation sites (N-methyl/N-ethyl adjacent to an activating group) is 1. The molecule has 0 saturated heterocycles. The topological polar surface area (TPSA) is 82.8 Å². The Kier molecular flexibility index (Phi) is 5.10. The second kappa shape index (κ2) is 8.08. The number of nitrogens with one attached hydrogen (secondary N) is 1. The number of benzene rings is 2. The van der Waals surface area contributed by atoms with Gasteiger partial charge in [-0.1, -0.05) is 53.8 Å². The maximum Gasteiger partial charge on any atom is 0.246 e. The number of para-hydroxylation sites is 2. The van der Waals surface area contributed by atoms with E-state index in [0.717, 1.165) is 16.2 Å². The second-order valence-electron chi connectivity index (χ2n) is 7.84. The van der Waals surface area contributed by atoms with Gasteiger partial charge in [0.25, 0.3) is 0 Å². The third-order valence-corrected chi connectivity index (χ3v) is 6.47.